The highest BCUT2D eigenvalue weighted by atomic mass is 16.2. The Labute approximate surface area is 95.2 Å². The maximum atomic E-state index is 11.4. The molecular weight excluding hydrogens is 202 g/mol. The molecule has 1 aliphatic carbocycles. The maximum Gasteiger partial charge on any atom is 0.319 e. The van der Waals surface area contributed by atoms with Gasteiger partial charge in [0.15, 0.2) is 0 Å². The van der Waals surface area contributed by atoms with E-state index >= 15 is 0 Å². The van der Waals surface area contributed by atoms with Crippen LogP contribution in [0.2, 0.25) is 0 Å². The quantitative estimate of drug-likeness (QED) is 0.718. The fourth-order valence-electron chi connectivity index (χ4n) is 1.50. The molecule has 2 rings (SSSR count). The van der Waals surface area contributed by atoms with Crippen molar-refractivity contribution in [3.05, 3.63) is 29.8 Å². The van der Waals surface area contributed by atoms with E-state index in [1.54, 1.807) is 0 Å². The average molecular weight is 219 g/mol. The lowest BCUT2D eigenvalue weighted by Crippen LogP contribution is -2.30. The lowest BCUT2D eigenvalue weighted by Gasteiger charge is -2.07. The molecule has 0 aromatic heterocycles. The monoisotopic (exact) mass is 219 g/mol. The zero-order chi connectivity index (χ0) is 11.4. The van der Waals surface area contributed by atoms with E-state index in [0.717, 1.165) is 24.9 Å². The Balaban J connectivity index is 1.85. The number of urea groups is 1. The molecule has 1 aliphatic rings. The third-order valence-corrected chi connectivity index (χ3v) is 2.56. The molecule has 0 aliphatic heterocycles. The Morgan fingerprint density at radius 2 is 2.00 bits per heavy atom. The summed E-state index contributed by atoms with van der Waals surface area (Å²) in [4.78, 5) is 11.4. The first-order valence-electron chi connectivity index (χ1n) is 5.64. The van der Waals surface area contributed by atoms with Gasteiger partial charge in [0.05, 0.1) is 0 Å². The summed E-state index contributed by atoms with van der Waals surface area (Å²) in [5.74, 6) is 0. The van der Waals surface area contributed by atoms with Crippen LogP contribution in [0.1, 0.15) is 18.4 Å². The molecule has 16 heavy (non-hydrogen) atoms. The molecule has 1 aromatic rings. The van der Waals surface area contributed by atoms with Crippen molar-refractivity contribution < 1.29 is 4.79 Å². The standard InChI is InChI=1S/C12H17N3O/c13-8-7-9-1-3-10(4-2-9)14-12(16)15-11-5-6-11/h1-4,11H,5-8,13H2,(H2,14,15,16). The minimum atomic E-state index is -0.117. The third kappa shape index (κ3) is 3.24. The molecule has 1 saturated carbocycles. The SMILES string of the molecule is NCCc1ccc(NC(=O)NC2CC2)cc1. The molecule has 4 N–H and O–H groups in total. The Hall–Kier alpha value is -1.55. The van der Waals surface area contributed by atoms with Crippen LogP contribution in [0.25, 0.3) is 0 Å². The molecule has 0 radical (unpaired) electrons. The van der Waals surface area contributed by atoms with Crippen molar-refractivity contribution >= 4 is 11.7 Å². The molecular formula is C12H17N3O. The van der Waals surface area contributed by atoms with E-state index in [2.05, 4.69) is 10.6 Å². The van der Waals surface area contributed by atoms with Gasteiger partial charge in [0.1, 0.15) is 0 Å². The Morgan fingerprint density at radius 3 is 2.56 bits per heavy atom. The summed E-state index contributed by atoms with van der Waals surface area (Å²) in [6.45, 7) is 0.648. The van der Waals surface area contributed by atoms with Gasteiger partial charge in [-0.05, 0) is 43.5 Å². The summed E-state index contributed by atoms with van der Waals surface area (Å²) in [7, 11) is 0. The molecule has 0 saturated heterocycles. The number of benzene rings is 1. The fraction of sp³-hybridized carbons (Fsp3) is 0.417. The topological polar surface area (TPSA) is 67.1 Å². The number of carbonyl (C=O) groups is 1. The van der Waals surface area contributed by atoms with Gasteiger partial charge in [-0.3, -0.25) is 0 Å². The first-order chi connectivity index (χ1) is 7.78. The molecule has 86 valence electrons. The van der Waals surface area contributed by atoms with Crippen LogP contribution >= 0.6 is 0 Å². The molecule has 4 nitrogen and oxygen atoms in total. The van der Waals surface area contributed by atoms with Crippen LogP contribution < -0.4 is 16.4 Å². The first-order valence-corrected chi connectivity index (χ1v) is 5.64. The van der Waals surface area contributed by atoms with E-state index in [1.165, 1.54) is 5.56 Å². The zero-order valence-corrected chi connectivity index (χ0v) is 9.20. The zero-order valence-electron chi connectivity index (χ0n) is 9.20. The lowest BCUT2D eigenvalue weighted by molar-refractivity contribution is 0.251. The van der Waals surface area contributed by atoms with Crippen LogP contribution in [-0.4, -0.2) is 18.6 Å². The van der Waals surface area contributed by atoms with E-state index in [1.807, 2.05) is 24.3 Å². The minimum absolute atomic E-state index is 0.117. The normalized spacial score (nSPS) is 14.6. The van der Waals surface area contributed by atoms with Crippen molar-refractivity contribution in [3.8, 4) is 0 Å². The van der Waals surface area contributed by atoms with Crippen molar-refractivity contribution in [2.24, 2.45) is 5.73 Å². The molecule has 0 atom stereocenters. The van der Waals surface area contributed by atoms with Crippen molar-refractivity contribution in [2.45, 2.75) is 25.3 Å². The van der Waals surface area contributed by atoms with Gasteiger partial charge in [-0.1, -0.05) is 12.1 Å². The second-order valence-electron chi connectivity index (χ2n) is 4.11. The number of carbonyl (C=O) groups excluding carboxylic acids is 1. The van der Waals surface area contributed by atoms with Gasteiger partial charge >= 0.3 is 6.03 Å². The van der Waals surface area contributed by atoms with Gasteiger partial charge in [0, 0.05) is 11.7 Å². The van der Waals surface area contributed by atoms with Crippen LogP contribution in [0.3, 0.4) is 0 Å². The molecule has 1 fully saturated rings. The van der Waals surface area contributed by atoms with E-state index in [4.69, 9.17) is 5.73 Å². The number of nitrogens with two attached hydrogens (primary N) is 1. The van der Waals surface area contributed by atoms with Crippen LogP contribution in [0.4, 0.5) is 10.5 Å². The molecule has 2 amide bonds. The second kappa shape index (κ2) is 4.99. The van der Waals surface area contributed by atoms with E-state index in [0.29, 0.717) is 12.6 Å². The Bertz CT molecular complexity index is 357. The first kappa shape index (κ1) is 11.0. The molecule has 0 spiro atoms. The minimum Gasteiger partial charge on any atom is -0.335 e. The van der Waals surface area contributed by atoms with Gasteiger partial charge in [0.25, 0.3) is 0 Å². The number of anilines is 1. The number of hydrogen-bond donors (Lipinski definition) is 3. The van der Waals surface area contributed by atoms with Gasteiger partial charge in [0.2, 0.25) is 0 Å². The van der Waals surface area contributed by atoms with Gasteiger partial charge < -0.3 is 16.4 Å². The Morgan fingerprint density at radius 1 is 1.31 bits per heavy atom. The highest BCUT2D eigenvalue weighted by molar-refractivity contribution is 5.89. The van der Waals surface area contributed by atoms with Crippen molar-refractivity contribution in [3.63, 3.8) is 0 Å². The Kier molecular flexibility index (Phi) is 3.41. The van der Waals surface area contributed by atoms with Crippen molar-refractivity contribution in [1.29, 1.82) is 0 Å². The summed E-state index contributed by atoms with van der Waals surface area (Å²) >= 11 is 0. The smallest absolute Gasteiger partial charge is 0.319 e. The fourth-order valence-corrected chi connectivity index (χ4v) is 1.50. The largest absolute Gasteiger partial charge is 0.335 e. The molecule has 0 unspecified atom stereocenters. The molecule has 0 heterocycles. The van der Waals surface area contributed by atoms with E-state index < -0.39 is 0 Å². The van der Waals surface area contributed by atoms with Crippen LogP contribution in [0, 0.1) is 0 Å². The highest BCUT2D eigenvalue weighted by Gasteiger charge is 2.22. The van der Waals surface area contributed by atoms with Crippen molar-refractivity contribution in [1.82, 2.24) is 5.32 Å². The van der Waals surface area contributed by atoms with Crippen molar-refractivity contribution in [2.75, 3.05) is 11.9 Å². The van der Waals surface area contributed by atoms with Gasteiger partial charge in [-0.15, -0.1) is 0 Å². The molecule has 1 aromatic carbocycles. The average Bonchev–Trinajstić information content (AvgIpc) is 3.05. The number of hydrogen-bond acceptors (Lipinski definition) is 2. The van der Waals surface area contributed by atoms with E-state index in [-0.39, 0.29) is 6.03 Å². The summed E-state index contributed by atoms with van der Waals surface area (Å²) in [5.41, 5.74) is 7.47. The van der Waals surface area contributed by atoms with Gasteiger partial charge in [-0.25, -0.2) is 4.79 Å². The van der Waals surface area contributed by atoms with Crippen LogP contribution in [0.15, 0.2) is 24.3 Å². The van der Waals surface area contributed by atoms with Crippen LogP contribution in [0.5, 0.6) is 0 Å². The molecule has 0 bridgehead atoms. The predicted octanol–water partition coefficient (Wildman–Crippen LogP) is 1.47. The summed E-state index contributed by atoms with van der Waals surface area (Å²) < 4.78 is 0. The number of rotatable bonds is 4. The molecule has 4 heteroatoms. The number of amides is 2. The summed E-state index contributed by atoms with van der Waals surface area (Å²) in [5, 5.41) is 5.67. The summed E-state index contributed by atoms with van der Waals surface area (Å²) in [6, 6.07) is 8.04. The second-order valence-corrected chi connectivity index (χ2v) is 4.11. The van der Waals surface area contributed by atoms with Gasteiger partial charge in [-0.2, -0.15) is 0 Å². The summed E-state index contributed by atoms with van der Waals surface area (Å²) in [6.07, 6.45) is 3.07. The highest BCUT2D eigenvalue weighted by Crippen LogP contribution is 2.18. The maximum absolute atomic E-state index is 11.4. The predicted molar refractivity (Wildman–Crippen MR) is 64.4 cm³/mol. The third-order valence-electron chi connectivity index (χ3n) is 2.56. The van der Waals surface area contributed by atoms with Crippen LogP contribution in [-0.2, 0) is 6.42 Å². The lowest BCUT2D eigenvalue weighted by atomic mass is 10.1. The number of nitrogens with one attached hydrogen (secondary N) is 2. The van der Waals surface area contributed by atoms with E-state index in [9.17, 15) is 4.79 Å².